The van der Waals surface area contributed by atoms with Crippen LogP contribution in [0.1, 0.15) is 18.4 Å². The van der Waals surface area contributed by atoms with Gasteiger partial charge in [-0.15, -0.1) is 0 Å². The molecule has 0 aliphatic carbocycles. The first-order valence-electron chi connectivity index (χ1n) is 9.73. The molecule has 1 spiro atoms. The zero-order chi connectivity index (χ0) is 20.4. The molecule has 1 N–H and O–H groups in total. The van der Waals surface area contributed by atoms with Gasteiger partial charge in [-0.3, -0.25) is 4.79 Å². The minimum absolute atomic E-state index is 0.155. The summed E-state index contributed by atoms with van der Waals surface area (Å²) >= 11 is 0. The number of nitrogens with zero attached hydrogens (tertiary/aromatic N) is 2. The number of carbonyl (C=O) groups is 2. The van der Waals surface area contributed by atoms with Gasteiger partial charge in [-0.05, 0) is 42.7 Å². The number of carbonyl (C=O) groups excluding carboxylic acids is 2. The third-order valence-corrected chi connectivity index (χ3v) is 5.89. The molecule has 0 bridgehead atoms. The van der Waals surface area contributed by atoms with Crippen LogP contribution in [0.3, 0.4) is 0 Å². The van der Waals surface area contributed by atoms with Crippen LogP contribution in [0.25, 0.3) is 0 Å². The van der Waals surface area contributed by atoms with E-state index >= 15 is 0 Å². The average molecular weight is 397 g/mol. The molecular formula is C22H24FN3O3. The molecule has 2 aliphatic heterocycles. The van der Waals surface area contributed by atoms with Gasteiger partial charge in [0.25, 0.3) is 0 Å². The lowest BCUT2D eigenvalue weighted by atomic mass is 9.71. The standard InChI is InChI=1S/C22H24FN3O3/c1-29-17-8-6-16(7-9-17)14-26-15-22(20(26)27)10-12-25(13-11-22)21(28)24-19-5-3-2-4-18(19)23/h2-9H,10-15H2,1H3,(H,24,28). The SMILES string of the molecule is COc1ccc(CN2CC3(CCN(C(=O)Nc4ccccc4F)CC3)C2=O)cc1. The Labute approximate surface area is 169 Å². The van der Waals surface area contributed by atoms with Crippen molar-refractivity contribution in [2.24, 2.45) is 5.41 Å². The Morgan fingerprint density at radius 1 is 1.14 bits per heavy atom. The normalized spacial score (nSPS) is 17.8. The molecule has 0 aromatic heterocycles. The minimum Gasteiger partial charge on any atom is -0.497 e. The van der Waals surface area contributed by atoms with E-state index in [1.165, 1.54) is 12.1 Å². The molecule has 0 saturated carbocycles. The van der Waals surface area contributed by atoms with Crippen molar-refractivity contribution in [2.45, 2.75) is 19.4 Å². The van der Waals surface area contributed by atoms with E-state index < -0.39 is 5.82 Å². The highest BCUT2D eigenvalue weighted by molar-refractivity contribution is 5.91. The van der Waals surface area contributed by atoms with Gasteiger partial charge in [-0.1, -0.05) is 24.3 Å². The number of para-hydroxylation sites is 1. The van der Waals surface area contributed by atoms with Crippen LogP contribution in [0.15, 0.2) is 48.5 Å². The molecule has 2 saturated heterocycles. The molecule has 0 unspecified atom stereocenters. The van der Waals surface area contributed by atoms with Crippen LogP contribution < -0.4 is 10.1 Å². The molecular weight excluding hydrogens is 373 g/mol. The Balaban J connectivity index is 1.29. The molecule has 2 heterocycles. The fourth-order valence-electron chi connectivity index (χ4n) is 4.09. The number of amides is 3. The van der Waals surface area contributed by atoms with Gasteiger partial charge in [-0.25, -0.2) is 9.18 Å². The topological polar surface area (TPSA) is 61.9 Å². The summed E-state index contributed by atoms with van der Waals surface area (Å²) < 4.78 is 18.9. The second kappa shape index (κ2) is 7.73. The lowest BCUT2D eigenvalue weighted by molar-refractivity contribution is -0.165. The van der Waals surface area contributed by atoms with E-state index in [1.54, 1.807) is 24.1 Å². The highest BCUT2D eigenvalue weighted by Crippen LogP contribution is 2.42. The van der Waals surface area contributed by atoms with Crippen molar-refractivity contribution in [3.05, 3.63) is 59.9 Å². The number of rotatable bonds is 4. The van der Waals surface area contributed by atoms with Gasteiger partial charge < -0.3 is 19.9 Å². The molecule has 7 heteroatoms. The van der Waals surface area contributed by atoms with Crippen LogP contribution in [-0.4, -0.2) is 48.5 Å². The fourth-order valence-corrected chi connectivity index (χ4v) is 4.09. The van der Waals surface area contributed by atoms with Gasteiger partial charge in [0.05, 0.1) is 18.2 Å². The summed E-state index contributed by atoms with van der Waals surface area (Å²) in [5.41, 5.74) is 0.875. The third-order valence-electron chi connectivity index (χ3n) is 5.89. The molecule has 2 aliphatic rings. The predicted octanol–water partition coefficient (Wildman–Crippen LogP) is 3.49. The van der Waals surface area contributed by atoms with Gasteiger partial charge in [0.2, 0.25) is 5.91 Å². The van der Waals surface area contributed by atoms with E-state index in [2.05, 4.69) is 5.32 Å². The maximum atomic E-state index is 13.7. The number of β-lactam (4-membered cyclic amide) rings is 1. The summed E-state index contributed by atoms with van der Waals surface area (Å²) in [5, 5.41) is 2.61. The maximum Gasteiger partial charge on any atom is 0.321 e. The van der Waals surface area contributed by atoms with Crippen LogP contribution in [0.4, 0.5) is 14.9 Å². The maximum absolute atomic E-state index is 13.7. The second-order valence-corrected chi connectivity index (χ2v) is 7.69. The van der Waals surface area contributed by atoms with Crippen molar-refractivity contribution in [2.75, 3.05) is 32.1 Å². The van der Waals surface area contributed by atoms with Gasteiger partial charge in [-0.2, -0.15) is 0 Å². The Bertz CT molecular complexity index is 908. The van der Waals surface area contributed by atoms with Crippen LogP contribution in [-0.2, 0) is 11.3 Å². The highest BCUT2D eigenvalue weighted by Gasteiger charge is 2.53. The van der Waals surface area contributed by atoms with E-state index in [-0.39, 0.29) is 23.0 Å². The predicted molar refractivity (Wildman–Crippen MR) is 107 cm³/mol. The summed E-state index contributed by atoms with van der Waals surface area (Å²) in [5.74, 6) is 0.487. The summed E-state index contributed by atoms with van der Waals surface area (Å²) in [4.78, 5) is 28.7. The van der Waals surface area contributed by atoms with Gasteiger partial charge in [0.15, 0.2) is 0 Å². The highest BCUT2D eigenvalue weighted by atomic mass is 19.1. The first-order valence-corrected chi connectivity index (χ1v) is 9.73. The Morgan fingerprint density at radius 2 is 1.83 bits per heavy atom. The molecule has 152 valence electrons. The molecule has 2 fully saturated rings. The average Bonchev–Trinajstić information content (AvgIpc) is 2.75. The van der Waals surface area contributed by atoms with E-state index in [0.29, 0.717) is 39.0 Å². The molecule has 2 aromatic carbocycles. The van der Waals surface area contributed by atoms with Crippen molar-refractivity contribution in [3.63, 3.8) is 0 Å². The van der Waals surface area contributed by atoms with E-state index in [4.69, 9.17) is 4.74 Å². The summed E-state index contributed by atoms with van der Waals surface area (Å²) in [6, 6.07) is 13.5. The number of piperidine rings is 1. The molecule has 3 amide bonds. The first kappa shape index (κ1) is 19.2. The number of benzene rings is 2. The number of halogens is 1. The van der Waals surface area contributed by atoms with Gasteiger partial charge in [0, 0.05) is 26.2 Å². The molecule has 6 nitrogen and oxygen atoms in total. The summed E-state index contributed by atoms with van der Waals surface area (Å²) in [7, 11) is 1.63. The van der Waals surface area contributed by atoms with Crippen molar-refractivity contribution in [1.29, 1.82) is 0 Å². The number of methoxy groups -OCH3 is 1. The number of nitrogens with one attached hydrogen (secondary N) is 1. The number of hydrogen-bond acceptors (Lipinski definition) is 3. The zero-order valence-electron chi connectivity index (χ0n) is 16.4. The summed E-state index contributed by atoms with van der Waals surface area (Å²) in [6.07, 6.45) is 1.27. The third kappa shape index (κ3) is 3.77. The van der Waals surface area contributed by atoms with E-state index in [9.17, 15) is 14.0 Å². The molecule has 0 radical (unpaired) electrons. The lowest BCUT2D eigenvalue weighted by Gasteiger charge is -2.52. The van der Waals surface area contributed by atoms with Gasteiger partial charge >= 0.3 is 6.03 Å². The Morgan fingerprint density at radius 3 is 2.45 bits per heavy atom. The van der Waals surface area contributed by atoms with Crippen LogP contribution in [0, 0.1) is 11.2 Å². The first-order chi connectivity index (χ1) is 14.0. The Hall–Kier alpha value is -3.09. The second-order valence-electron chi connectivity index (χ2n) is 7.69. The number of likely N-dealkylation sites (tertiary alicyclic amines) is 2. The quantitative estimate of drug-likeness (QED) is 0.804. The fraction of sp³-hybridized carbons (Fsp3) is 0.364. The van der Waals surface area contributed by atoms with Crippen LogP contribution in [0.5, 0.6) is 5.75 Å². The number of anilines is 1. The Kier molecular flexibility index (Phi) is 5.13. The molecule has 2 aromatic rings. The molecule has 29 heavy (non-hydrogen) atoms. The van der Waals surface area contributed by atoms with Gasteiger partial charge in [0.1, 0.15) is 11.6 Å². The zero-order valence-corrected chi connectivity index (χ0v) is 16.4. The van der Waals surface area contributed by atoms with Crippen molar-refractivity contribution >= 4 is 17.6 Å². The number of hydrogen-bond donors (Lipinski definition) is 1. The monoisotopic (exact) mass is 397 g/mol. The van der Waals surface area contributed by atoms with Crippen molar-refractivity contribution in [1.82, 2.24) is 9.80 Å². The molecule has 4 rings (SSSR count). The van der Waals surface area contributed by atoms with E-state index in [1.807, 2.05) is 29.2 Å². The lowest BCUT2D eigenvalue weighted by Crippen LogP contribution is -2.64. The van der Waals surface area contributed by atoms with Crippen LogP contribution in [0.2, 0.25) is 0 Å². The van der Waals surface area contributed by atoms with E-state index in [0.717, 1.165) is 11.3 Å². The number of urea groups is 1. The molecule has 0 atom stereocenters. The van der Waals surface area contributed by atoms with Crippen molar-refractivity contribution < 1.29 is 18.7 Å². The largest absolute Gasteiger partial charge is 0.497 e. The minimum atomic E-state index is -0.460. The van der Waals surface area contributed by atoms with Crippen LogP contribution >= 0.6 is 0 Å². The summed E-state index contributed by atoms with van der Waals surface area (Å²) in [6.45, 7) is 2.27. The smallest absolute Gasteiger partial charge is 0.321 e. The number of ether oxygens (including phenoxy) is 1. The van der Waals surface area contributed by atoms with Crippen molar-refractivity contribution in [3.8, 4) is 5.75 Å².